The molecule has 1 fully saturated rings. The van der Waals surface area contributed by atoms with Crippen molar-refractivity contribution in [3.05, 3.63) is 59.7 Å². The SMILES string of the molecule is CC(C)(F)CNS(=O)(=O)c1cc2c(c3cnc(C4CC4)cc13)CC[C@H]2C(=O)Nc1cccnc1. The van der Waals surface area contributed by atoms with Crippen LogP contribution in [0.1, 0.15) is 61.8 Å². The predicted octanol–water partition coefficient (Wildman–Crippen LogP) is 4.20. The second kappa shape index (κ2) is 8.39. The van der Waals surface area contributed by atoms with Crippen LogP contribution in [0.3, 0.4) is 0 Å². The van der Waals surface area contributed by atoms with Crippen LogP contribution in [0.25, 0.3) is 10.8 Å². The summed E-state index contributed by atoms with van der Waals surface area (Å²) in [7, 11) is -4.03. The quantitative estimate of drug-likeness (QED) is 0.526. The van der Waals surface area contributed by atoms with E-state index in [9.17, 15) is 17.6 Å². The average molecular weight is 483 g/mol. The molecule has 2 aliphatic rings. The number of sulfonamides is 1. The maximum absolute atomic E-state index is 14.1. The maximum atomic E-state index is 14.1. The van der Waals surface area contributed by atoms with E-state index in [4.69, 9.17) is 0 Å². The van der Waals surface area contributed by atoms with Gasteiger partial charge in [0.1, 0.15) is 5.67 Å². The number of aryl methyl sites for hydroxylation is 1. The summed E-state index contributed by atoms with van der Waals surface area (Å²) in [6.07, 6.45) is 8.21. The molecule has 0 saturated heterocycles. The van der Waals surface area contributed by atoms with Gasteiger partial charge in [0.15, 0.2) is 0 Å². The normalized spacial score (nSPS) is 18.1. The number of anilines is 1. The van der Waals surface area contributed by atoms with E-state index in [-0.39, 0.29) is 17.3 Å². The largest absolute Gasteiger partial charge is 0.324 e. The molecule has 0 aliphatic heterocycles. The molecular formula is C25H27FN4O3S. The molecule has 2 heterocycles. The zero-order valence-electron chi connectivity index (χ0n) is 19.1. The van der Waals surface area contributed by atoms with Crippen LogP contribution < -0.4 is 10.0 Å². The zero-order chi connectivity index (χ0) is 24.1. The van der Waals surface area contributed by atoms with Crippen molar-refractivity contribution in [2.45, 2.75) is 61.9 Å². The Bertz CT molecular complexity index is 1370. The number of hydrogen-bond acceptors (Lipinski definition) is 5. The van der Waals surface area contributed by atoms with Gasteiger partial charge < -0.3 is 5.32 Å². The number of nitrogens with one attached hydrogen (secondary N) is 2. The summed E-state index contributed by atoms with van der Waals surface area (Å²) in [6, 6.07) is 6.94. The maximum Gasteiger partial charge on any atom is 0.241 e. The molecular weight excluding hydrogens is 455 g/mol. The third-order valence-corrected chi connectivity index (χ3v) is 7.86. The summed E-state index contributed by atoms with van der Waals surface area (Å²) in [4.78, 5) is 21.8. The van der Waals surface area contributed by atoms with Crippen LogP contribution >= 0.6 is 0 Å². The van der Waals surface area contributed by atoms with Gasteiger partial charge in [-0.05, 0) is 74.9 Å². The van der Waals surface area contributed by atoms with E-state index in [1.54, 1.807) is 36.8 Å². The fourth-order valence-electron chi connectivity index (χ4n) is 4.52. The van der Waals surface area contributed by atoms with Crippen molar-refractivity contribution < 1.29 is 17.6 Å². The topological polar surface area (TPSA) is 101 Å². The predicted molar refractivity (Wildman–Crippen MR) is 128 cm³/mol. The summed E-state index contributed by atoms with van der Waals surface area (Å²) < 4.78 is 43.2. The highest BCUT2D eigenvalue weighted by Crippen LogP contribution is 2.44. The van der Waals surface area contributed by atoms with Gasteiger partial charge in [-0.25, -0.2) is 17.5 Å². The van der Waals surface area contributed by atoms with Crippen LogP contribution in [0, 0.1) is 0 Å². The lowest BCUT2D eigenvalue weighted by atomic mass is 9.96. The number of alkyl halides is 1. The number of aromatic nitrogens is 2. The molecule has 34 heavy (non-hydrogen) atoms. The van der Waals surface area contributed by atoms with E-state index in [0.29, 0.717) is 35.4 Å². The van der Waals surface area contributed by atoms with E-state index in [0.717, 1.165) is 29.5 Å². The van der Waals surface area contributed by atoms with Gasteiger partial charge in [0.05, 0.1) is 22.7 Å². The van der Waals surface area contributed by atoms with Crippen molar-refractivity contribution in [3.8, 4) is 0 Å². The van der Waals surface area contributed by atoms with E-state index in [1.807, 2.05) is 6.07 Å². The Kier molecular flexibility index (Phi) is 5.64. The molecule has 0 radical (unpaired) electrons. The van der Waals surface area contributed by atoms with Gasteiger partial charge in [0.25, 0.3) is 0 Å². The minimum Gasteiger partial charge on any atom is -0.324 e. The van der Waals surface area contributed by atoms with Gasteiger partial charge in [-0.2, -0.15) is 0 Å². The van der Waals surface area contributed by atoms with Crippen LogP contribution in [0.5, 0.6) is 0 Å². The second-order valence-corrected chi connectivity index (χ2v) is 11.5. The van der Waals surface area contributed by atoms with Crippen LogP contribution in [-0.2, 0) is 21.2 Å². The smallest absolute Gasteiger partial charge is 0.241 e. The van der Waals surface area contributed by atoms with E-state index >= 15 is 0 Å². The summed E-state index contributed by atoms with van der Waals surface area (Å²) >= 11 is 0. The number of benzene rings is 1. The first-order chi connectivity index (χ1) is 16.1. The highest BCUT2D eigenvalue weighted by molar-refractivity contribution is 7.89. The third kappa shape index (κ3) is 4.54. The summed E-state index contributed by atoms with van der Waals surface area (Å²) in [5.74, 6) is -0.368. The lowest BCUT2D eigenvalue weighted by Crippen LogP contribution is -2.35. The molecule has 0 spiro atoms. The number of hydrogen-bond donors (Lipinski definition) is 2. The number of amides is 1. The number of carbonyl (C=O) groups excluding carboxylic acids is 1. The molecule has 1 aromatic carbocycles. The van der Waals surface area contributed by atoms with Crippen molar-refractivity contribution in [1.29, 1.82) is 0 Å². The molecule has 7 nitrogen and oxygen atoms in total. The van der Waals surface area contributed by atoms with Gasteiger partial charge >= 0.3 is 0 Å². The Labute approximate surface area is 198 Å². The minimum absolute atomic E-state index is 0.0656. The summed E-state index contributed by atoms with van der Waals surface area (Å²) in [5, 5.41) is 4.19. The highest BCUT2D eigenvalue weighted by Gasteiger charge is 2.34. The molecule has 178 valence electrons. The molecule has 2 aliphatic carbocycles. The first-order valence-electron chi connectivity index (χ1n) is 11.5. The first kappa shape index (κ1) is 22.9. The summed E-state index contributed by atoms with van der Waals surface area (Å²) in [5.41, 5.74) is 1.37. The lowest BCUT2D eigenvalue weighted by Gasteiger charge is -2.19. The molecule has 2 aromatic heterocycles. The zero-order valence-corrected chi connectivity index (χ0v) is 20.0. The number of rotatable bonds is 7. The van der Waals surface area contributed by atoms with Crippen molar-refractivity contribution in [2.75, 3.05) is 11.9 Å². The Hall–Kier alpha value is -2.91. The molecule has 9 heteroatoms. The Morgan fingerprint density at radius 3 is 2.65 bits per heavy atom. The van der Waals surface area contributed by atoms with Crippen molar-refractivity contribution >= 4 is 32.4 Å². The van der Waals surface area contributed by atoms with Crippen molar-refractivity contribution in [2.24, 2.45) is 0 Å². The molecule has 0 bridgehead atoms. The van der Waals surface area contributed by atoms with E-state index in [1.165, 1.54) is 13.8 Å². The standard InChI is InChI=1S/C25H27FN4O3S/c1-25(2,26)14-29-34(32,33)23-11-19-17(21-13-28-22(10-20(21)23)15-5-6-15)7-8-18(19)24(31)30-16-4-3-9-27-12-16/h3-4,9-13,15,18,29H,5-8,14H2,1-2H3,(H,30,31)/t18-/m1/s1. The minimum atomic E-state index is -4.03. The van der Waals surface area contributed by atoms with Crippen LogP contribution in [0.4, 0.5) is 10.1 Å². The van der Waals surface area contributed by atoms with Crippen molar-refractivity contribution in [3.63, 3.8) is 0 Å². The lowest BCUT2D eigenvalue weighted by molar-refractivity contribution is -0.117. The van der Waals surface area contributed by atoms with Gasteiger partial charge in [0.2, 0.25) is 15.9 Å². The summed E-state index contributed by atoms with van der Waals surface area (Å²) in [6.45, 7) is 2.30. The van der Waals surface area contributed by atoms with Crippen LogP contribution in [-0.4, -0.2) is 36.5 Å². The Morgan fingerprint density at radius 1 is 1.18 bits per heavy atom. The monoisotopic (exact) mass is 482 g/mol. The molecule has 1 amide bonds. The molecule has 3 aromatic rings. The molecule has 5 rings (SSSR count). The number of carbonyl (C=O) groups is 1. The Morgan fingerprint density at radius 2 is 1.97 bits per heavy atom. The van der Waals surface area contributed by atoms with Gasteiger partial charge in [-0.15, -0.1) is 0 Å². The second-order valence-electron chi connectivity index (χ2n) is 9.74. The first-order valence-corrected chi connectivity index (χ1v) is 13.0. The van der Waals surface area contributed by atoms with Gasteiger partial charge in [-0.3, -0.25) is 14.8 Å². The van der Waals surface area contributed by atoms with Crippen molar-refractivity contribution in [1.82, 2.24) is 14.7 Å². The Balaban J connectivity index is 1.59. The van der Waals surface area contributed by atoms with Crippen LogP contribution in [0.2, 0.25) is 0 Å². The number of nitrogens with zero attached hydrogens (tertiary/aromatic N) is 2. The van der Waals surface area contributed by atoms with E-state index < -0.39 is 21.6 Å². The fraction of sp³-hybridized carbons (Fsp3) is 0.400. The molecule has 1 saturated carbocycles. The highest BCUT2D eigenvalue weighted by atomic mass is 32.2. The number of halogens is 1. The molecule has 0 unspecified atom stereocenters. The van der Waals surface area contributed by atoms with Gasteiger partial charge in [0, 0.05) is 41.3 Å². The van der Waals surface area contributed by atoms with Gasteiger partial charge in [-0.1, -0.05) is 0 Å². The fourth-order valence-corrected chi connectivity index (χ4v) is 5.95. The molecule has 1 atom stereocenters. The third-order valence-electron chi connectivity index (χ3n) is 6.42. The average Bonchev–Trinajstić information content (AvgIpc) is 3.55. The molecule has 2 N–H and O–H groups in total. The number of fused-ring (bicyclic) bond motifs is 3. The number of pyridine rings is 2. The van der Waals surface area contributed by atoms with Crippen LogP contribution in [0.15, 0.2) is 47.8 Å². The van der Waals surface area contributed by atoms with E-state index in [2.05, 4.69) is 20.0 Å².